The standard InChI is InChI=1S/C23H21N3O2S/c27-23(28)19-10-5-6-14-26(19)21(22-25-18-9-3-4-11-20(18)29-22)16-12-13-24-17-8-2-1-7-15(16)17/h1-4,7-9,11-13,19,21H,5-6,10,14H2,(H,27,28). The zero-order valence-corrected chi connectivity index (χ0v) is 16.7. The van der Waals surface area contributed by atoms with Crippen molar-refractivity contribution in [1.29, 1.82) is 0 Å². The van der Waals surface area contributed by atoms with E-state index in [2.05, 4.69) is 22.0 Å². The van der Waals surface area contributed by atoms with Gasteiger partial charge in [-0.1, -0.05) is 36.8 Å². The minimum Gasteiger partial charge on any atom is -0.480 e. The SMILES string of the molecule is O=C(O)C1CCCCN1C(c1nc2ccccc2s1)c1ccnc2ccccc12. The van der Waals surface area contributed by atoms with Gasteiger partial charge < -0.3 is 5.11 Å². The van der Waals surface area contributed by atoms with E-state index in [1.807, 2.05) is 48.7 Å². The van der Waals surface area contributed by atoms with Crippen LogP contribution in [0.15, 0.2) is 60.8 Å². The van der Waals surface area contributed by atoms with Crippen molar-refractivity contribution in [1.82, 2.24) is 14.9 Å². The van der Waals surface area contributed by atoms with Crippen LogP contribution in [0.3, 0.4) is 0 Å². The van der Waals surface area contributed by atoms with Gasteiger partial charge in [0.15, 0.2) is 0 Å². The molecule has 29 heavy (non-hydrogen) atoms. The van der Waals surface area contributed by atoms with Crippen molar-refractivity contribution in [3.63, 3.8) is 0 Å². The van der Waals surface area contributed by atoms with Crippen LogP contribution < -0.4 is 0 Å². The Morgan fingerprint density at radius 2 is 1.86 bits per heavy atom. The number of aliphatic carboxylic acids is 1. The molecule has 5 rings (SSSR count). The highest BCUT2D eigenvalue weighted by Gasteiger charge is 2.37. The van der Waals surface area contributed by atoms with Crippen LogP contribution in [-0.4, -0.2) is 38.5 Å². The smallest absolute Gasteiger partial charge is 0.320 e. The molecule has 1 fully saturated rings. The van der Waals surface area contributed by atoms with E-state index in [1.54, 1.807) is 11.3 Å². The van der Waals surface area contributed by atoms with Crippen molar-refractivity contribution in [3.8, 4) is 0 Å². The molecule has 2 unspecified atom stereocenters. The first kappa shape index (κ1) is 18.2. The Morgan fingerprint density at radius 1 is 1.07 bits per heavy atom. The summed E-state index contributed by atoms with van der Waals surface area (Å²) in [6, 6.07) is 17.5. The molecule has 5 nitrogen and oxygen atoms in total. The Hall–Kier alpha value is -2.83. The minimum absolute atomic E-state index is 0.207. The van der Waals surface area contributed by atoms with Gasteiger partial charge in [-0.05, 0) is 42.7 Å². The van der Waals surface area contributed by atoms with E-state index < -0.39 is 12.0 Å². The summed E-state index contributed by atoms with van der Waals surface area (Å²) in [4.78, 5) is 23.7. The largest absolute Gasteiger partial charge is 0.480 e. The number of hydrogen-bond acceptors (Lipinski definition) is 5. The first-order valence-electron chi connectivity index (χ1n) is 9.90. The molecule has 2 aromatic carbocycles. The van der Waals surface area contributed by atoms with Gasteiger partial charge in [0.1, 0.15) is 11.0 Å². The normalized spacial score (nSPS) is 18.8. The molecule has 6 heteroatoms. The minimum atomic E-state index is -0.755. The second-order valence-electron chi connectivity index (χ2n) is 7.43. The monoisotopic (exact) mass is 403 g/mol. The number of carboxylic acids is 1. The lowest BCUT2D eigenvalue weighted by atomic mass is 9.94. The maximum atomic E-state index is 12.1. The predicted molar refractivity (Wildman–Crippen MR) is 115 cm³/mol. The molecule has 2 aromatic heterocycles. The molecule has 0 radical (unpaired) electrons. The fourth-order valence-electron chi connectivity index (χ4n) is 4.35. The lowest BCUT2D eigenvalue weighted by Crippen LogP contribution is -2.46. The molecule has 1 aliphatic rings. The molecule has 0 aliphatic carbocycles. The Balaban J connectivity index is 1.73. The zero-order valence-electron chi connectivity index (χ0n) is 15.9. The molecule has 0 spiro atoms. The Kier molecular flexibility index (Phi) is 4.73. The quantitative estimate of drug-likeness (QED) is 0.526. The molecular formula is C23H21N3O2S. The number of fused-ring (bicyclic) bond motifs is 2. The molecule has 1 saturated heterocycles. The van der Waals surface area contributed by atoms with Gasteiger partial charge in [0.2, 0.25) is 0 Å². The number of para-hydroxylation sites is 2. The highest BCUT2D eigenvalue weighted by atomic mass is 32.1. The van der Waals surface area contributed by atoms with E-state index in [9.17, 15) is 9.90 Å². The van der Waals surface area contributed by atoms with Gasteiger partial charge in [-0.15, -0.1) is 11.3 Å². The molecule has 146 valence electrons. The summed E-state index contributed by atoms with van der Waals surface area (Å²) in [5.74, 6) is -0.755. The van der Waals surface area contributed by atoms with Crippen LogP contribution in [0.4, 0.5) is 0 Å². The van der Waals surface area contributed by atoms with E-state index in [4.69, 9.17) is 4.98 Å². The summed E-state index contributed by atoms with van der Waals surface area (Å²) < 4.78 is 1.12. The maximum absolute atomic E-state index is 12.1. The van der Waals surface area contributed by atoms with E-state index in [-0.39, 0.29) is 6.04 Å². The average molecular weight is 404 g/mol. The van der Waals surface area contributed by atoms with Gasteiger partial charge in [-0.25, -0.2) is 4.98 Å². The maximum Gasteiger partial charge on any atom is 0.320 e. The van der Waals surface area contributed by atoms with Gasteiger partial charge >= 0.3 is 5.97 Å². The fourth-order valence-corrected chi connectivity index (χ4v) is 5.45. The summed E-state index contributed by atoms with van der Waals surface area (Å²) in [6.07, 6.45) is 4.42. The number of hydrogen-bond donors (Lipinski definition) is 1. The number of nitrogens with zero attached hydrogens (tertiary/aromatic N) is 3. The van der Waals surface area contributed by atoms with Crippen LogP contribution in [0.5, 0.6) is 0 Å². The highest BCUT2D eigenvalue weighted by molar-refractivity contribution is 7.18. The van der Waals surface area contributed by atoms with E-state index in [1.165, 1.54) is 0 Å². The average Bonchev–Trinajstić information content (AvgIpc) is 3.18. The predicted octanol–water partition coefficient (Wildman–Crippen LogP) is 4.87. The molecule has 2 atom stereocenters. The lowest BCUT2D eigenvalue weighted by Gasteiger charge is -2.38. The number of piperidine rings is 1. The lowest BCUT2D eigenvalue weighted by molar-refractivity contribution is -0.145. The molecule has 1 N–H and O–H groups in total. The second-order valence-corrected chi connectivity index (χ2v) is 8.49. The summed E-state index contributed by atoms with van der Waals surface area (Å²) >= 11 is 1.65. The first-order valence-corrected chi connectivity index (χ1v) is 10.7. The fraction of sp³-hybridized carbons (Fsp3) is 0.261. The number of carbonyl (C=O) groups is 1. The van der Waals surface area contributed by atoms with E-state index in [0.717, 1.165) is 51.1 Å². The summed E-state index contributed by atoms with van der Waals surface area (Å²) in [5.41, 5.74) is 2.95. The first-order chi connectivity index (χ1) is 14.2. The van der Waals surface area contributed by atoms with Crippen molar-refractivity contribution in [2.75, 3.05) is 6.54 Å². The number of pyridine rings is 1. The van der Waals surface area contributed by atoms with Crippen molar-refractivity contribution in [3.05, 3.63) is 71.4 Å². The van der Waals surface area contributed by atoms with Crippen LogP contribution in [0, 0.1) is 0 Å². The number of benzene rings is 2. The topological polar surface area (TPSA) is 66.3 Å². The molecule has 1 aliphatic heterocycles. The van der Waals surface area contributed by atoms with Crippen molar-refractivity contribution in [2.24, 2.45) is 0 Å². The van der Waals surface area contributed by atoms with Crippen LogP contribution in [-0.2, 0) is 4.79 Å². The third kappa shape index (κ3) is 3.28. The van der Waals surface area contributed by atoms with Gasteiger partial charge in [0, 0.05) is 18.1 Å². The number of thiazole rings is 1. The summed E-state index contributed by atoms with van der Waals surface area (Å²) in [7, 11) is 0. The van der Waals surface area contributed by atoms with Crippen molar-refractivity contribution < 1.29 is 9.90 Å². The molecule has 0 bridgehead atoms. The molecule has 4 aromatic rings. The Bertz CT molecular complexity index is 1150. The molecule has 3 heterocycles. The second kappa shape index (κ2) is 7.54. The number of carboxylic acid groups (broad SMARTS) is 1. The van der Waals surface area contributed by atoms with Crippen LogP contribution >= 0.6 is 11.3 Å². The van der Waals surface area contributed by atoms with Gasteiger partial charge in [0.05, 0.1) is 21.8 Å². The zero-order chi connectivity index (χ0) is 19.8. The molecular weight excluding hydrogens is 382 g/mol. The summed E-state index contributed by atoms with van der Waals surface area (Å²) in [6.45, 7) is 0.744. The molecule has 0 saturated carbocycles. The van der Waals surface area contributed by atoms with Gasteiger partial charge in [0.25, 0.3) is 0 Å². The Labute approximate surface area is 172 Å². The van der Waals surface area contributed by atoms with Crippen LogP contribution in [0.1, 0.15) is 35.9 Å². The third-order valence-corrected chi connectivity index (χ3v) is 6.77. The number of likely N-dealkylation sites (tertiary alicyclic amines) is 1. The molecule has 0 amide bonds. The van der Waals surface area contributed by atoms with Gasteiger partial charge in [-0.3, -0.25) is 14.7 Å². The number of aromatic nitrogens is 2. The van der Waals surface area contributed by atoms with Gasteiger partial charge in [-0.2, -0.15) is 0 Å². The Morgan fingerprint density at radius 3 is 2.69 bits per heavy atom. The summed E-state index contributed by atoms with van der Waals surface area (Å²) in [5, 5.41) is 11.9. The van der Waals surface area contributed by atoms with Crippen molar-refractivity contribution >= 4 is 38.4 Å². The van der Waals surface area contributed by atoms with Crippen LogP contribution in [0.2, 0.25) is 0 Å². The number of rotatable bonds is 4. The highest BCUT2D eigenvalue weighted by Crippen LogP contribution is 2.40. The van der Waals surface area contributed by atoms with Crippen molar-refractivity contribution in [2.45, 2.75) is 31.3 Å². The van der Waals surface area contributed by atoms with E-state index >= 15 is 0 Å². The third-order valence-electron chi connectivity index (χ3n) is 5.68. The van der Waals surface area contributed by atoms with Crippen LogP contribution in [0.25, 0.3) is 21.1 Å². The van der Waals surface area contributed by atoms with E-state index in [0.29, 0.717) is 6.42 Å².